The van der Waals surface area contributed by atoms with Crippen LogP contribution in [0.3, 0.4) is 0 Å². The number of ether oxygens (including phenoxy) is 1. The SMILES string of the molecule is CN(C)C(=O)CNc1nc(C[NH+]2CCOCC2)nc2sc3c(c12)CCC3. The maximum absolute atomic E-state index is 12.0. The molecular formula is C18H26N5O2S+. The summed E-state index contributed by atoms with van der Waals surface area (Å²) in [5.41, 5.74) is 1.38. The number of morpholine rings is 1. The first kappa shape index (κ1) is 17.6. The highest BCUT2D eigenvalue weighted by Gasteiger charge is 2.24. The molecule has 1 saturated heterocycles. The highest BCUT2D eigenvalue weighted by Crippen LogP contribution is 2.39. The lowest BCUT2D eigenvalue weighted by Crippen LogP contribution is -3.12. The maximum atomic E-state index is 12.0. The van der Waals surface area contributed by atoms with Crippen LogP contribution in [0, 0.1) is 0 Å². The Morgan fingerprint density at radius 2 is 2.08 bits per heavy atom. The highest BCUT2D eigenvalue weighted by atomic mass is 32.1. The van der Waals surface area contributed by atoms with E-state index in [0.717, 1.165) is 67.5 Å². The average molecular weight is 377 g/mol. The number of hydrogen-bond acceptors (Lipinski definition) is 6. The molecule has 2 aliphatic rings. The number of thiophene rings is 1. The predicted molar refractivity (Wildman–Crippen MR) is 102 cm³/mol. The number of rotatable bonds is 5. The number of quaternary nitrogens is 1. The summed E-state index contributed by atoms with van der Waals surface area (Å²) in [5.74, 6) is 1.73. The molecule has 0 saturated carbocycles. The van der Waals surface area contributed by atoms with Crippen LogP contribution < -0.4 is 10.2 Å². The quantitative estimate of drug-likeness (QED) is 0.774. The molecule has 0 bridgehead atoms. The minimum atomic E-state index is 0.0454. The standard InChI is InChI=1S/C18H25N5O2S/c1-22(2)15(24)10-19-17-16-12-4-3-5-13(12)26-18(16)21-14(20-17)11-23-6-8-25-9-7-23/h3-11H2,1-2H3,(H,19,20,21)/p+1. The van der Waals surface area contributed by atoms with E-state index in [1.54, 1.807) is 30.3 Å². The van der Waals surface area contributed by atoms with Crippen molar-refractivity contribution < 1.29 is 14.4 Å². The number of likely N-dealkylation sites (N-methyl/N-ethyl adjacent to an activating group) is 1. The van der Waals surface area contributed by atoms with Crippen LogP contribution in [0.1, 0.15) is 22.7 Å². The highest BCUT2D eigenvalue weighted by molar-refractivity contribution is 7.19. The number of amides is 1. The van der Waals surface area contributed by atoms with Gasteiger partial charge in [0.2, 0.25) is 5.91 Å². The lowest BCUT2D eigenvalue weighted by Gasteiger charge is -2.23. The Morgan fingerprint density at radius 1 is 1.27 bits per heavy atom. The second-order valence-electron chi connectivity index (χ2n) is 7.21. The van der Waals surface area contributed by atoms with Crippen LogP contribution in [0.25, 0.3) is 10.2 Å². The van der Waals surface area contributed by atoms with Crippen molar-refractivity contribution in [2.45, 2.75) is 25.8 Å². The Balaban J connectivity index is 1.65. The molecule has 0 spiro atoms. The summed E-state index contributed by atoms with van der Waals surface area (Å²) < 4.78 is 5.45. The predicted octanol–water partition coefficient (Wildman–Crippen LogP) is 0.0952. The van der Waals surface area contributed by atoms with Gasteiger partial charge in [-0.2, -0.15) is 0 Å². The van der Waals surface area contributed by atoms with E-state index in [1.807, 2.05) is 0 Å². The monoisotopic (exact) mass is 376 g/mol. The molecule has 0 radical (unpaired) electrons. The van der Waals surface area contributed by atoms with E-state index in [1.165, 1.54) is 21.8 Å². The molecule has 1 amide bonds. The van der Waals surface area contributed by atoms with E-state index in [0.29, 0.717) is 0 Å². The molecule has 26 heavy (non-hydrogen) atoms. The number of carbonyl (C=O) groups is 1. The molecule has 0 aromatic carbocycles. The van der Waals surface area contributed by atoms with Gasteiger partial charge >= 0.3 is 0 Å². The van der Waals surface area contributed by atoms with Gasteiger partial charge in [-0.3, -0.25) is 4.79 Å². The van der Waals surface area contributed by atoms with Crippen LogP contribution in [-0.4, -0.2) is 67.7 Å². The molecule has 7 nitrogen and oxygen atoms in total. The number of hydrogen-bond donors (Lipinski definition) is 2. The Bertz CT molecular complexity index is 814. The number of nitrogens with one attached hydrogen (secondary N) is 2. The van der Waals surface area contributed by atoms with Gasteiger partial charge in [-0.1, -0.05) is 0 Å². The minimum absolute atomic E-state index is 0.0454. The van der Waals surface area contributed by atoms with Gasteiger partial charge in [0.1, 0.15) is 30.3 Å². The summed E-state index contributed by atoms with van der Waals surface area (Å²) in [4.78, 5) is 27.3. The molecule has 1 fully saturated rings. The van der Waals surface area contributed by atoms with Crippen molar-refractivity contribution in [1.29, 1.82) is 0 Å². The molecule has 8 heteroatoms. The van der Waals surface area contributed by atoms with Crippen molar-refractivity contribution in [2.24, 2.45) is 0 Å². The fourth-order valence-electron chi connectivity index (χ4n) is 3.62. The first-order chi connectivity index (χ1) is 12.6. The third-order valence-corrected chi connectivity index (χ3v) is 6.31. The Morgan fingerprint density at radius 3 is 2.85 bits per heavy atom. The van der Waals surface area contributed by atoms with Gasteiger partial charge in [-0.15, -0.1) is 11.3 Å². The van der Waals surface area contributed by atoms with Gasteiger partial charge in [0.25, 0.3) is 0 Å². The topological polar surface area (TPSA) is 71.8 Å². The summed E-state index contributed by atoms with van der Waals surface area (Å²) >= 11 is 1.80. The Kier molecular flexibility index (Phi) is 5.06. The van der Waals surface area contributed by atoms with Gasteiger partial charge in [0.05, 0.1) is 25.1 Å². The van der Waals surface area contributed by atoms with Gasteiger partial charge in [-0.05, 0) is 24.8 Å². The number of anilines is 1. The van der Waals surface area contributed by atoms with Crippen molar-refractivity contribution in [1.82, 2.24) is 14.9 Å². The van der Waals surface area contributed by atoms with E-state index >= 15 is 0 Å². The van der Waals surface area contributed by atoms with E-state index in [9.17, 15) is 4.79 Å². The van der Waals surface area contributed by atoms with Crippen LogP contribution in [0.4, 0.5) is 5.82 Å². The average Bonchev–Trinajstić information content (AvgIpc) is 3.20. The summed E-state index contributed by atoms with van der Waals surface area (Å²) in [6, 6.07) is 0. The van der Waals surface area contributed by atoms with Crippen molar-refractivity contribution in [3.05, 3.63) is 16.3 Å². The first-order valence-electron chi connectivity index (χ1n) is 9.28. The van der Waals surface area contributed by atoms with Gasteiger partial charge in [-0.25, -0.2) is 9.97 Å². The Hall–Kier alpha value is -1.77. The number of aryl methyl sites for hydroxylation is 2. The fraction of sp³-hybridized carbons (Fsp3) is 0.611. The lowest BCUT2D eigenvalue weighted by molar-refractivity contribution is -0.922. The van der Waals surface area contributed by atoms with Gasteiger partial charge in [0, 0.05) is 19.0 Å². The number of carbonyl (C=O) groups excluding carboxylic acids is 1. The molecule has 1 aliphatic carbocycles. The third kappa shape index (κ3) is 3.54. The zero-order valence-electron chi connectivity index (χ0n) is 15.4. The third-order valence-electron chi connectivity index (χ3n) is 5.12. The molecule has 0 unspecified atom stereocenters. The van der Waals surface area contributed by atoms with Gasteiger partial charge < -0.3 is 19.9 Å². The van der Waals surface area contributed by atoms with Crippen molar-refractivity contribution >= 4 is 33.3 Å². The van der Waals surface area contributed by atoms with Crippen molar-refractivity contribution in [2.75, 3.05) is 52.3 Å². The molecule has 2 aromatic heterocycles. The summed E-state index contributed by atoms with van der Waals surface area (Å²) in [7, 11) is 3.55. The van der Waals surface area contributed by atoms with Gasteiger partial charge in [0.15, 0.2) is 5.82 Å². The van der Waals surface area contributed by atoms with E-state index in [2.05, 4.69) is 5.32 Å². The molecule has 2 N–H and O–H groups in total. The summed E-state index contributed by atoms with van der Waals surface area (Å²) in [6.07, 6.45) is 3.42. The normalized spacial score (nSPS) is 17.5. The van der Waals surface area contributed by atoms with E-state index in [4.69, 9.17) is 14.7 Å². The van der Waals surface area contributed by atoms with Crippen molar-refractivity contribution in [3.8, 4) is 0 Å². The second-order valence-corrected chi connectivity index (χ2v) is 8.29. The molecule has 0 atom stereocenters. The molecule has 140 valence electrons. The first-order valence-corrected chi connectivity index (χ1v) is 10.1. The smallest absolute Gasteiger partial charge is 0.241 e. The molecular weight excluding hydrogens is 350 g/mol. The maximum Gasteiger partial charge on any atom is 0.241 e. The van der Waals surface area contributed by atoms with Crippen LogP contribution >= 0.6 is 11.3 Å². The van der Waals surface area contributed by atoms with Crippen LogP contribution in [-0.2, 0) is 28.9 Å². The number of nitrogens with zero attached hydrogens (tertiary/aromatic N) is 3. The van der Waals surface area contributed by atoms with Crippen LogP contribution in [0.2, 0.25) is 0 Å². The summed E-state index contributed by atoms with van der Waals surface area (Å²) in [5, 5.41) is 4.43. The molecule has 1 aliphatic heterocycles. The number of fused-ring (bicyclic) bond motifs is 3. The Labute approximate surface area is 157 Å². The van der Waals surface area contributed by atoms with E-state index < -0.39 is 0 Å². The fourth-order valence-corrected chi connectivity index (χ4v) is 4.90. The molecule has 3 heterocycles. The molecule has 4 rings (SSSR count). The van der Waals surface area contributed by atoms with Crippen LogP contribution in [0.15, 0.2) is 0 Å². The van der Waals surface area contributed by atoms with E-state index in [-0.39, 0.29) is 12.5 Å². The zero-order valence-corrected chi connectivity index (χ0v) is 16.2. The number of aromatic nitrogens is 2. The molecule has 2 aromatic rings. The van der Waals surface area contributed by atoms with Crippen LogP contribution in [0.5, 0.6) is 0 Å². The minimum Gasteiger partial charge on any atom is -0.370 e. The van der Waals surface area contributed by atoms with Crippen molar-refractivity contribution in [3.63, 3.8) is 0 Å². The second kappa shape index (κ2) is 7.46. The summed E-state index contributed by atoms with van der Waals surface area (Å²) in [6.45, 7) is 4.64. The zero-order chi connectivity index (χ0) is 18.1. The largest absolute Gasteiger partial charge is 0.370 e. The lowest BCUT2D eigenvalue weighted by atomic mass is 10.2.